The molecule has 6 nitrogen and oxygen atoms in total. The van der Waals surface area contributed by atoms with Gasteiger partial charge >= 0.3 is 24.4 Å². The summed E-state index contributed by atoms with van der Waals surface area (Å²) in [4.78, 5) is 26.9. The molecule has 2 aromatic heterocycles. The van der Waals surface area contributed by atoms with Crippen molar-refractivity contribution in [2.75, 3.05) is 0 Å². The van der Waals surface area contributed by atoms with Crippen LogP contribution in [-0.2, 0) is 19.1 Å². The smallest absolute Gasteiger partial charge is 0.311 e. The molecule has 0 aliphatic heterocycles. The molecule has 0 bridgehead atoms. The van der Waals surface area contributed by atoms with E-state index in [2.05, 4.69) is 27.7 Å². The number of esters is 2. The summed E-state index contributed by atoms with van der Waals surface area (Å²) < 4.78 is 16.6. The van der Waals surface area contributed by atoms with Gasteiger partial charge in [-0.05, 0) is 25.7 Å². The second-order valence-electron chi connectivity index (χ2n) is 15.9. The summed E-state index contributed by atoms with van der Waals surface area (Å²) in [6, 6.07) is 11.9. The van der Waals surface area contributed by atoms with Crippen LogP contribution in [0.5, 0.6) is 0 Å². The summed E-state index contributed by atoms with van der Waals surface area (Å²) in [7, 11) is 0. The van der Waals surface area contributed by atoms with Crippen LogP contribution in [0.3, 0.4) is 0 Å². The van der Waals surface area contributed by atoms with E-state index in [4.69, 9.17) is 9.47 Å². The third-order valence-electron chi connectivity index (χ3n) is 11.1. The molecule has 0 radical (unpaired) electrons. The largest absolute Gasteiger partial charge is 0.402 e. The van der Waals surface area contributed by atoms with Gasteiger partial charge in [0.2, 0.25) is 0 Å². The molecule has 4 unspecified atom stereocenters. The Morgan fingerprint density at radius 3 is 0.981 bits per heavy atom. The van der Waals surface area contributed by atoms with Crippen LogP contribution in [0.25, 0.3) is 0 Å². The Balaban J connectivity index is 1.93. The van der Waals surface area contributed by atoms with Crippen molar-refractivity contribution in [2.45, 2.75) is 220 Å². The molecular weight excluding hydrogens is 669 g/mol. The average molecular weight is 751 g/mol. The molecule has 6 heteroatoms. The van der Waals surface area contributed by atoms with Crippen molar-refractivity contribution in [3.63, 3.8) is 0 Å². The minimum atomic E-state index is -0.379. The summed E-state index contributed by atoms with van der Waals surface area (Å²) in [5.41, 5.74) is 0. The van der Waals surface area contributed by atoms with Gasteiger partial charge in [-0.25, -0.2) is 0 Å². The number of carbonyl (C=O) groups excluding carboxylic acids is 2. The predicted octanol–water partition coefficient (Wildman–Crippen LogP) is 13.3. The Morgan fingerprint density at radius 2 is 0.685 bits per heavy atom. The molecule has 0 amide bonds. The summed E-state index contributed by atoms with van der Waals surface area (Å²) in [6.45, 7) is 8.96. The van der Waals surface area contributed by atoms with Crippen molar-refractivity contribution in [1.82, 2.24) is 0 Å². The number of ether oxygens (including phenoxy) is 2. The molecular formula is C48H82N2O4+2. The second kappa shape index (κ2) is 32.5. The zero-order valence-corrected chi connectivity index (χ0v) is 35.4. The number of hydrogen-bond acceptors (Lipinski definition) is 4. The van der Waals surface area contributed by atoms with Gasteiger partial charge in [-0.15, -0.1) is 0 Å². The molecule has 2 aromatic rings. The van der Waals surface area contributed by atoms with Crippen LogP contribution in [-0.4, -0.2) is 11.9 Å². The third kappa shape index (κ3) is 22.0. The van der Waals surface area contributed by atoms with Crippen LogP contribution in [0, 0.1) is 11.8 Å². The van der Waals surface area contributed by atoms with E-state index in [0.717, 1.165) is 51.4 Å². The van der Waals surface area contributed by atoms with E-state index in [1.807, 2.05) is 70.3 Å². The average Bonchev–Trinajstić information content (AvgIpc) is 3.19. The first-order valence-electron chi connectivity index (χ1n) is 22.8. The maximum absolute atomic E-state index is 13.4. The second-order valence-corrected chi connectivity index (χ2v) is 15.9. The van der Waals surface area contributed by atoms with Crippen molar-refractivity contribution in [3.8, 4) is 0 Å². The first-order valence-corrected chi connectivity index (χ1v) is 22.8. The van der Waals surface area contributed by atoms with Crippen molar-refractivity contribution >= 4 is 11.9 Å². The fourth-order valence-corrected chi connectivity index (χ4v) is 7.94. The molecule has 4 atom stereocenters. The summed E-state index contributed by atoms with van der Waals surface area (Å²) in [5.74, 6) is -0.215. The van der Waals surface area contributed by atoms with Gasteiger partial charge < -0.3 is 9.47 Å². The Morgan fingerprint density at radius 1 is 0.389 bits per heavy atom. The Kier molecular flexibility index (Phi) is 28.5. The Bertz CT molecular complexity index is 1070. The minimum Gasteiger partial charge on any atom is -0.402 e. The van der Waals surface area contributed by atoms with Crippen LogP contribution in [0.1, 0.15) is 220 Å². The number of hydrogen-bond donors (Lipinski definition) is 0. The normalized spacial score (nSPS) is 13.6. The van der Waals surface area contributed by atoms with Crippen LogP contribution < -0.4 is 9.13 Å². The maximum Gasteiger partial charge on any atom is 0.311 e. The molecule has 306 valence electrons. The standard InChI is InChI=1S/C48H82N2O4/c1-5-9-11-13-15-17-19-21-23-27-35-43(33-7-3)47(49-39-29-25-30-40-49)53-45(51)37-38-46(52)54-48(50-41-31-26-32-42-50)44(34-8-4)36-28-24-22-20-18-16-14-12-10-6-2/h25-26,29-32,39-44,47-48H,5-24,27-28,33-38H2,1-4H3/q+2. The van der Waals surface area contributed by atoms with Crippen LogP contribution in [0.2, 0.25) is 0 Å². The van der Waals surface area contributed by atoms with Crippen LogP contribution in [0.4, 0.5) is 0 Å². The lowest BCUT2D eigenvalue weighted by Crippen LogP contribution is -2.46. The van der Waals surface area contributed by atoms with Gasteiger partial charge in [0, 0.05) is 24.3 Å². The molecule has 0 aromatic carbocycles. The quantitative estimate of drug-likeness (QED) is 0.0400. The van der Waals surface area contributed by atoms with E-state index in [9.17, 15) is 9.59 Å². The molecule has 0 spiro atoms. The van der Waals surface area contributed by atoms with Crippen LogP contribution in [0.15, 0.2) is 61.2 Å². The van der Waals surface area contributed by atoms with Gasteiger partial charge in [0.25, 0.3) is 0 Å². The molecule has 0 fully saturated rings. The van der Waals surface area contributed by atoms with Crippen molar-refractivity contribution in [1.29, 1.82) is 0 Å². The van der Waals surface area contributed by atoms with Gasteiger partial charge in [-0.1, -0.05) is 181 Å². The molecule has 0 aliphatic carbocycles. The zero-order chi connectivity index (χ0) is 38.9. The number of pyridine rings is 2. The molecule has 0 N–H and O–H groups in total. The van der Waals surface area contributed by atoms with E-state index in [-0.39, 0.29) is 49.1 Å². The number of nitrogens with zero attached hydrogens (tertiary/aromatic N) is 2. The van der Waals surface area contributed by atoms with E-state index in [1.54, 1.807) is 0 Å². The monoisotopic (exact) mass is 751 g/mol. The van der Waals surface area contributed by atoms with E-state index >= 15 is 0 Å². The van der Waals surface area contributed by atoms with E-state index in [1.165, 1.54) is 116 Å². The topological polar surface area (TPSA) is 60.4 Å². The number of rotatable bonds is 35. The predicted molar refractivity (Wildman–Crippen MR) is 222 cm³/mol. The molecule has 0 aliphatic rings. The zero-order valence-electron chi connectivity index (χ0n) is 35.4. The van der Waals surface area contributed by atoms with Crippen molar-refractivity contribution < 1.29 is 28.2 Å². The van der Waals surface area contributed by atoms with E-state index < -0.39 is 0 Å². The SMILES string of the molecule is CCCCCCCCCCCCC(CCC)C(OC(=O)CCC(=O)OC(C(CCC)CCCCCCCCCCCC)[n+]1ccccc1)[n+]1ccccc1. The van der Waals surface area contributed by atoms with Crippen molar-refractivity contribution in [2.24, 2.45) is 11.8 Å². The number of aromatic nitrogens is 2. The molecule has 54 heavy (non-hydrogen) atoms. The highest BCUT2D eigenvalue weighted by atomic mass is 16.6. The summed E-state index contributed by atoms with van der Waals surface area (Å²) >= 11 is 0. The number of carbonyl (C=O) groups is 2. The summed E-state index contributed by atoms with van der Waals surface area (Å²) in [6.07, 6.45) is 39.5. The lowest BCUT2D eigenvalue weighted by Gasteiger charge is -2.23. The Labute approximate surface area is 332 Å². The molecule has 0 saturated carbocycles. The van der Waals surface area contributed by atoms with E-state index in [0.29, 0.717) is 0 Å². The lowest BCUT2D eigenvalue weighted by molar-refractivity contribution is -0.765. The minimum absolute atomic E-state index is 0.0168. The van der Waals surface area contributed by atoms with Gasteiger partial charge in [0.05, 0.1) is 24.7 Å². The van der Waals surface area contributed by atoms with Gasteiger partial charge in [0.1, 0.15) is 0 Å². The highest BCUT2D eigenvalue weighted by molar-refractivity contribution is 5.77. The highest BCUT2D eigenvalue weighted by Gasteiger charge is 2.34. The van der Waals surface area contributed by atoms with Gasteiger partial charge in [-0.3, -0.25) is 9.59 Å². The van der Waals surface area contributed by atoms with Gasteiger partial charge in [0.15, 0.2) is 24.8 Å². The molecule has 0 saturated heterocycles. The summed E-state index contributed by atoms with van der Waals surface area (Å²) in [5, 5.41) is 0. The molecule has 2 heterocycles. The first kappa shape index (κ1) is 47.4. The number of unbranched alkanes of at least 4 members (excludes halogenated alkanes) is 18. The third-order valence-corrected chi connectivity index (χ3v) is 11.1. The van der Waals surface area contributed by atoms with Crippen LogP contribution >= 0.6 is 0 Å². The fourth-order valence-electron chi connectivity index (χ4n) is 7.94. The van der Waals surface area contributed by atoms with Gasteiger partial charge in [-0.2, -0.15) is 9.13 Å². The fraction of sp³-hybridized carbons (Fsp3) is 0.750. The first-order chi connectivity index (χ1) is 26.5. The Hall–Kier alpha value is -2.76. The van der Waals surface area contributed by atoms with Crippen molar-refractivity contribution in [3.05, 3.63) is 61.2 Å². The lowest BCUT2D eigenvalue weighted by atomic mass is 9.93. The molecule has 2 rings (SSSR count). The highest BCUT2D eigenvalue weighted by Crippen LogP contribution is 2.29. The maximum atomic E-state index is 13.4.